The molecular weight excluding hydrogens is 280 g/mol. The van der Waals surface area contributed by atoms with Gasteiger partial charge in [0.25, 0.3) is 0 Å². The van der Waals surface area contributed by atoms with E-state index in [1.807, 2.05) is 25.1 Å². The summed E-state index contributed by atoms with van der Waals surface area (Å²) < 4.78 is 0. The number of aliphatic hydroxyl groups excluding tert-OH is 1. The molecule has 0 saturated carbocycles. The Morgan fingerprint density at radius 2 is 2.00 bits per heavy atom. The average molecular weight is 300 g/mol. The largest absolute Gasteiger partial charge is 0.394 e. The second-order valence-corrected chi connectivity index (χ2v) is 5.17. The van der Waals surface area contributed by atoms with E-state index in [9.17, 15) is 4.79 Å². The van der Waals surface area contributed by atoms with Crippen molar-refractivity contribution in [3.63, 3.8) is 0 Å². The molecule has 6 heteroatoms. The Labute approximate surface area is 129 Å². The minimum Gasteiger partial charge on any atom is -0.394 e. The summed E-state index contributed by atoms with van der Waals surface area (Å²) in [5, 5.41) is 11.9. The van der Waals surface area contributed by atoms with Crippen molar-refractivity contribution >= 4 is 11.7 Å². The third kappa shape index (κ3) is 3.79. The van der Waals surface area contributed by atoms with Crippen LogP contribution in [-0.4, -0.2) is 45.7 Å². The molecule has 0 bridgehead atoms. The van der Waals surface area contributed by atoms with E-state index < -0.39 is 0 Å². The van der Waals surface area contributed by atoms with Crippen molar-refractivity contribution in [2.45, 2.75) is 19.9 Å². The van der Waals surface area contributed by atoms with Gasteiger partial charge in [0.1, 0.15) is 0 Å². The Morgan fingerprint density at radius 3 is 2.59 bits per heavy atom. The van der Waals surface area contributed by atoms with Crippen molar-refractivity contribution in [1.82, 2.24) is 14.9 Å². The molecule has 116 valence electrons. The van der Waals surface area contributed by atoms with E-state index in [2.05, 4.69) is 15.3 Å². The molecule has 1 unspecified atom stereocenters. The molecule has 6 nitrogen and oxygen atoms in total. The predicted octanol–water partition coefficient (Wildman–Crippen LogP) is 2.30. The highest BCUT2D eigenvalue weighted by atomic mass is 16.3. The van der Waals surface area contributed by atoms with E-state index in [1.165, 1.54) is 4.90 Å². The molecule has 22 heavy (non-hydrogen) atoms. The Kier molecular flexibility index (Phi) is 5.06. The first-order chi connectivity index (χ1) is 10.5. The zero-order valence-corrected chi connectivity index (χ0v) is 12.9. The molecule has 1 atom stereocenters. The van der Waals surface area contributed by atoms with E-state index in [-0.39, 0.29) is 18.7 Å². The highest BCUT2D eigenvalue weighted by molar-refractivity contribution is 5.89. The molecule has 2 N–H and O–H groups in total. The summed E-state index contributed by atoms with van der Waals surface area (Å²) in [6.45, 7) is 3.61. The van der Waals surface area contributed by atoms with Crippen LogP contribution in [0, 0.1) is 6.92 Å². The Balaban J connectivity index is 2.08. The number of rotatable bonds is 4. The highest BCUT2D eigenvalue weighted by Crippen LogP contribution is 2.18. The number of anilines is 1. The maximum absolute atomic E-state index is 12.0. The molecule has 0 radical (unpaired) electrons. The lowest BCUT2D eigenvalue weighted by Crippen LogP contribution is -2.40. The summed E-state index contributed by atoms with van der Waals surface area (Å²) in [5.74, 6) is 0.656. The number of carbonyl (C=O) groups is 1. The zero-order chi connectivity index (χ0) is 16.1. The number of hydrogen-bond acceptors (Lipinski definition) is 4. The number of benzene rings is 1. The highest BCUT2D eigenvalue weighted by Gasteiger charge is 2.14. The van der Waals surface area contributed by atoms with Gasteiger partial charge in [-0.3, -0.25) is 0 Å². The molecule has 1 heterocycles. The SMILES string of the molecule is Cc1ccnc(-c2ccc(NC(=O)N(C)C(C)CO)cc2)n1. The first kappa shape index (κ1) is 15.9. The summed E-state index contributed by atoms with van der Waals surface area (Å²) in [4.78, 5) is 22.0. The van der Waals surface area contributed by atoms with E-state index in [1.54, 1.807) is 32.3 Å². The average Bonchev–Trinajstić information content (AvgIpc) is 2.54. The molecule has 2 rings (SSSR count). The van der Waals surface area contributed by atoms with Crippen molar-refractivity contribution in [2.24, 2.45) is 0 Å². The number of aromatic nitrogens is 2. The molecule has 0 saturated heterocycles. The maximum Gasteiger partial charge on any atom is 0.321 e. The fourth-order valence-corrected chi connectivity index (χ4v) is 1.82. The molecule has 0 aliphatic rings. The van der Waals surface area contributed by atoms with Crippen LogP contribution in [-0.2, 0) is 0 Å². The van der Waals surface area contributed by atoms with Crippen molar-refractivity contribution in [1.29, 1.82) is 0 Å². The molecule has 0 fully saturated rings. The summed E-state index contributed by atoms with van der Waals surface area (Å²) in [6, 6.07) is 8.67. The Morgan fingerprint density at radius 1 is 1.32 bits per heavy atom. The Bertz CT molecular complexity index is 643. The number of nitrogens with one attached hydrogen (secondary N) is 1. The summed E-state index contributed by atoms with van der Waals surface area (Å²) in [5.41, 5.74) is 2.47. The number of amides is 2. The van der Waals surface area contributed by atoms with Crippen LogP contribution in [0.2, 0.25) is 0 Å². The van der Waals surface area contributed by atoms with E-state index in [0.717, 1.165) is 11.3 Å². The molecule has 0 spiro atoms. The summed E-state index contributed by atoms with van der Waals surface area (Å²) in [7, 11) is 1.64. The number of urea groups is 1. The predicted molar refractivity (Wildman–Crippen MR) is 85.5 cm³/mol. The smallest absolute Gasteiger partial charge is 0.321 e. The van der Waals surface area contributed by atoms with Gasteiger partial charge >= 0.3 is 6.03 Å². The first-order valence-electron chi connectivity index (χ1n) is 7.06. The summed E-state index contributed by atoms with van der Waals surface area (Å²) in [6.07, 6.45) is 1.72. The van der Waals surface area contributed by atoms with Gasteiger partial charge in [-0.25, -0.2) is 14.8 Å². The second kappa shape index (κ2) is 7.00. The van der Waals surface area contributed by atoms with Crippen LogP contribution in [0.4, 0.5) is 10.5 Å². The summed E-state index contributed by atoms with van der Waals surface area (Å²) >= 11 is 0. The standard InChI is InChI=1S/C16H20N4O2/c1-11-8-9-17-15(18-11)13-4-6-14(7-5-13)19-16(22)20(3)12(2)10-21/h4-9,12,21H,10H2,1-3H3,(H,19,22). The fraction of sp³-hybridized carbons (Fsp3) is 0.312. The van der Waals surface area contributed by atoms with Crippen molar-refractivity contribution in [2.75, 3.05) is 19.0 Å². The first-order valence-corrected chi connectivity index (χ1v) is 7.06. The van der Waals surface area contributed by atoms with Gasteiger partial charge in [-0.15, -0.1) is 0 Å². The number of aryl methyl sites for hydroxylation is 1. The molecule has 2 aromatic rings. The van der Waals surface area contributed by atoms with Gasteiger partial charge in [0, 0.05) is 30.2 Å². The van der Waals surface area contributed by atoms with Gasteiger partial charge in [-0.05, 0) is 44.2 Å². The van der Waals surface area contributed by atoms with Crippen molar-refractivity contribution < 1.29 is 9.90 Å². The monoisotopic (exact) mass is 300 g/mol. The van der Waals surface area contributed by atoms with Gasteiger partial charge in [-0.1, -0.05) is 0 Å². The Hall–Kier alpha value is -2.47. The topological polar surface area (TPSA) is 78.4 Å². The lowest BCUT2D eigenvalue weighted by Gasteiger charge is -2.23. The third-order valence-electron chi connectivity index (χ3n) is 3.43. The molecular formula is C16H20N4O2. The number of hydrogen-bond donors (Lipinski definition) is 2. The third-order valence-corrected chi connectivity index (χ3v) is 3.43. The lowest BCUT2D eigenvalue weighted by molar-refractivity contribution is 0.166. The normalized spacial score (nSPS) is 11.8. The molecule has 1 aromatic carbocycles. The van der Waals surface area contributed by atoms with Gasteiger partial charge in [-0.2, -0.15) is 0 Å². The number of carbonyl (C=O) groups excluding carboxylic acids is 1. The van der Waals surface area contributed by atoms with E-state index in [4.69, 9.17) is 5.11 Å². The van der Waals surface area contributed by atoms with Crippen LogP contribution in [0.1, 0.15) is 12.6 Å². The maximum atomic E-state index is 12.0. The van der Waals surface area contributed by atoms with Gasteiger partial charge in [0.2, 0.25) is 0 Å². The minimum absolute atomic E-state index is 0.0758. The van der Waals surface area contributed by atoms with Gasteiger partial charge in [0.05, 0.1) is 12.6 Å². The van der Waals surface area contributed by atoms with E-state index >= 15 is 0 Å². The van der Waals surface area contributed by atoms with Crippen LogP contribution in [0.25, 0.3) is 11.4 Å². The van der Waals surface area contributed by atoms with Gasteiger partial charge < -0.3 is 15.3 Å². The van der Waals surface area contributed by atoms with Crippen LogP contribution in [0.3, 0.4) is 0 Å². The minimum atomic E-state index is -0.263. The molecule has 1 aromatic heterocycles. The van der Waals surface area contributed by atoms with Crippen LogP contribution in [0.5, 0.6) is 0 Å². The van der Waals surface area contributed by atoms with Crippen molar-refractivity contribution in [3.8, 4) is 11.4 Å². The molecule has 0 aliphatic carbocycles. The second-order valence-electron chi connectivity index (χ2n) is 5.17. The fourth-order valence-electron chi connectivity index (χ4n) is 1.82. The van der Waals surface area contributed by atoms with E-state index in [0.29, 0.717) is 11.5 Å². The van der Waals surface area contributed by atoms with Crippen LogP contribution >= 0.6 is 0 Å². The number of aliphatic hydroxyl groups is 1. The molecule has 2 amide bonds. The zero-order valence-electron chi connectivity index (χ0n) is 12.9. The number of likely N-dealkylation sites (N-methyl/N-ethyl adjacent to an activating group) is 1. The van der Waals surface area contributed by atoms with Crippen LogP contribution in [0.15, 0.2) is 36.5 Å². The quantitative estimate of drug-likeness (QED) is 0.908. The van der Waals surface area contributed by atoms with Gasteiger partial charge in [0.15, 0.2) is 5.82 Å². The number of nitrogens with zero attached hydrogens (tertiary/aromatic N) is 3. The molecule has 0 aliphatic heterocycles. The lowest BCUT2D eigenvalue weighted by atomic mass is 10.2. The van der Waals surface area contributed by atoms with Crippen molar-refractivity contribution in [3.05, 3.63) is 42.2 Å². The van der Waals surface area contributed by atoms with Crippen LogP contribution < -0.4 is 5.32 Å².